The van der Waals surface area contributed by atoms with Crippen molar-refractivity contribution in [1.82, 2.24) is 0 Å². The number of carbonyl (C=O) groups is 1. The Morgan fingerprint density at radius 3 is 2.54 bits per heavy atom. The molecule has 0 bridgehead atoms. The third kappa shape index (κ3) is 5.12. The first-order valence-corrected chi connectivity index (χ1v) is 7.78. The van der Waals surface area contributed by atoms with Gasteiger partial charge in [-0.1, -0.05) is 55.4 Å². The number of ether oxygens (including phenoxy) is 1. The Hall–Kier alpha value is -2.82. The van der Waals surface area contributed by atoms with Crippen molar-refractivity contribution in [2.24, 2.45) is 5.16 Å². The second kappa shape index (κ2) is 8.72. The van der Waals surface area contributed by atoms with Crippen LogP contribution in [-0.2, 0) is 9.63 Å². The number of hydrogen-bond acceptors (Lipinski definition) is 4. The second-order valence-electron chi connectivity index (χ2n) is 5.58. The quantitative estimate of drug-likeness (QED) is 0.622. The summed E-state index contributed by atoms with van der Waals surface area (Å²) in [6.45, 7) is 4.12. The smallest absolute Gasteiger partial charge is 0.265 e. The molecule has 0 aliphatic rings. The molecule has 0 atom stereocenters. The van der Waals surface area contributed by atoms with Gasteiger partial charge in [-0.3, -0.25) is 4.79 Å². The summed E-state index contributed by atoms with van der Waals surface area (Å²) in [4.78, 5) is 16.9. The monoisotopic (exact) mass is 326 g/mol. The molecule has 0 aliphatic heterocycles. The summed E-state index contributed by atoms with van der Waals surface area (Å²) in [6, 6.07) is 15.2. The number of benzene rings is 2. The number of hydrogen-bond donors (Lipinski definition) is 1. The molecule has 0 unspecified atom stereocenters. The van der Waals surface area contributed by atoms with Gasteiger partial charge in [-0.15, -0.1) is 0 Å². The third-order valence-corrected chi connectivity index (χ3v) is 3.46. The molecule has 2 rings (SSSR count). The highest BCUT2D eigenvalue weighted by Gasteiger charge is 2.06. The first kappa shape index (κ1) is 17.5. The lowest BCUT2D eigenvalue weighted by Gasteiger charge is -2.08. The molecule has 0 heterocycles. The van der Waals surface area contributed by atoms with Crippen LogP contribution in [-0.4, -0.2) is 25.8 Å². The molecular weight excluding hydrogens is 304 g/mol. The van der Waals surface area contributed by atoms with Gasteiger partial charge in [0, 0.05) is 0 Å². The summed E-state index contributed by atoms with van der Waals surface area (Å²) in [5.41, 5.74) is 2.79. The van der Waals surface area contributed by atoms with Gasteiger partial charge in [-0.05, 0) is 29.2 Å². The van der Waals surface area contributed by atoms with E-state index in [2.05, 4.69) is 36.5 Å². The molecule has 5 nitrogen and oxygen atoms in total. The van der Waals surface area contributed by atoms with Gasteiger partial charge in [0.25, 0.3) is 5.91 Å². The van der Waals surface area contributed by atoms with E-state index >= 15 is 0 Å². The maximum absolute atomic E-state index is 11.8. The van der Waals surface area contributed by atoms with Crippen LogP contribution in [0, 0.1) is 0 Å². The van der Waals surface area contributed by atoms with Crippen molar-refractivity contribution in [3.05, 3.63) is 59.7 Å². The Morgan fingerprint density at radius 1 is 1.17 bits per heavy atom. The van der Waals surface area contributed by atoms with Crippen LogP contribution < -0.4 is 10.1 Å². The molecule has 0 radical (unpaired) electrons. The number of methoxy groups -OCH3 is 1. The SMILES string of the molecule is COc1ccccc1NC(=O)CO/N=C\c1ccc(C(C)C)cc1. The fraction of sp³-hybridized carbons (Fsp3) is 0.263. The summed E-state index contributed by atoms with van der Waals surface area (Å²) in [7, 11) is 1.55. The number of anilines is 1. The summed E-state index contributed by atoms with van der Waals surface area (Å²) in [6.07, 6.45) is 1.58. The molecule has 1 amide bonds. The van der Waals surface area contributed by atoms with Crippen molar-refractivity contribution in [1.29, 1.82) is 0 Å². The Morgan fingerprint density at radius 2 is 1.88 bits per heavy atom. The van der Waals surface area contributed by atoms with E-state index in [-0.39, 0.29) is 12.5 Å². The molecular formula is C19H22N2O3. The van der Waals surface area contributed by atoms with Gasteiger partial charge in [0.15, 0.2) is 6.61 Å². The van der Waals surface area contributed by atoms with Gasteiger partial charge < -0.3 is 14.9 Å². The van der Waals surface area contributed by atoms with Gasteiger partial charge >= 0.3 is 0 Å². The minimum absolute atomic E-state index is 0.168. The summed E-state index contributed by atoms with van der Waals surface area (Å²) < 4.78 is 5.17. The third-order valence-electron chi connectivity index (χ3n) is 3.46. The largest absolute Gasteiger partial charge is 0.495 e. The highest BCUT2D eigenvalue weighted by molar-refractivity contribution is 5.93. The van der Waals surface area contributed by atoms with Crippen LogP contribution >= 0.6 is 0 Å². The van der Waals surface area contributed by atoms with Crippen LogP contribution in [0.1, 0.15) is 30.9 Å². The van der Waals surface area contributed by atoms with Crippen LogP contribution in [0.5, 0.6) is 5.75 Å². The van der Waals surface area contributed by atoms with E-state index in [4.69, 9.17) is 9.57 Å². The minimum atomic E-state index is -0.299. The number of rotatable bonds is 7. The average molecular weight is 326 g/mol. The predicted octanol–water partition coefficient (Wildman–Crippen LogP) is 3.81. The van der Waals surface area contributed by atoms with E-state index in [0.717, 1.165) is 5.56 Å². The normalized spacial score (nSPS) is 10.8. The number of nitrogens with one attached hydrogen (secondary N) is 1. The van der Waals surface area contributed by atoms with Crippen molar-refractivity contribution in [2.45, 2.75) is 19.8 Å². The van der Waals surface area contributed by atoms with Crippen LogP contribution in [0.15, 0.2) is 53.7 Å². The lowest BCUT2D eigenvalue weighted by molar-refractivity contribution is -0.120. The standard InChI is InChI=1S/C19H22N2O3/c1-14(2)16-10-8-15(9-11-16)12-20-24-13-19(22)21-17-6-4-5-7-18(17)23-3/h4-12,14H,13H2,1-3H3,(H,21,22)/b20-12-. The number of amides is 1. The van der Waals surface area contributed by atoms with E-state index < -0.39 is 0 Å². The summed E-state index contributed by atoms with van der Waals surface area (Å²) in [5.74, 6) is 0.789. The molecule has 1 N–H and O–H groups in total. The van der Waals surface area contributed by atoms with Gasteiger partial charge in [0.05, 0.1) is 19.0 Å². The van der Waals surface area contributed by atoms with Crippen molar-refractivity contribution in [2.75, 3.05) is 19.0 Å². The zero-order chi connectivity index (χ0) is 17.4. The number of carbonyl (C=O) groups excluding carboxylic acids is 1. The van der Waals surface area contributed by atoms with Crippen molar-refractivity contribution < 1.29 is 14.4 Å². The highest BCUT2D eigenvalue weighted by atomic mass is 16.6. The van der Waals surface area contributed by atoms with E-state index in [1.165, 1.54) is 5.56 Å². The topological polar surface area (TPSA) is 59.9 Å². The molecule has 24 heavy (non-hydrogen) atoms. The molecule has 0 aliphatic carbocycles. The maximum atomic E-state index is 11.8. The number of para-hydroxylation sites is 2. The van der Waals surface area contributed by atoms with E-state index in [9.17, 15) is 4.79 Å². The van der Waals surface area contributed by atoms with Crippen LogP contribution in [0.4, 0.5) is 5.69 Å². The van der Waals surface area contributed by atoms with E-state index in [1.807, 2.05) is 24.3 Å². The van der Waals surface area contributed by atoms with Gasteiger partial charge in [-0.2, -0.15) is 0 Å². The molecule has 5 heteroatoms. The second-order valence-corrected chi connectivity index (χ2v) is 5.58. The zero-order valence-electron chi connectivity index (χ0n) is 14.2. The summed E-state index contributed by atoms with van der Waals surface area (Å²) >= 11 is 0. The van der Waals surface area contributed by atoms with Crippen LogP contribution in [0.3, 0.4) is 0 Å². The Bertz CT molecular complexity index is 694. The summed E-state index contributed by atoms with van der Waals surface area (Å²) in [5, 5.41) is 6.54. The van der Waals surface area contributed by atoms with Crippen LogP contribution in [0.2, 0.25) is 0 Å². The molecule has 0 aromatic heterocycles. The van der Waals surface area contributed by atoms with Gasteiger partial charge in [0.1, 0.15) is 5.75 Å². The molecule has 2 aromatic rings. The van der Waals surface area contributed by atoms with Crippen molar-refractivity contribution in [3.8, 4) is 5.75 Å². The fourth-order valence-corrected chi connectivity index (χ4v) is 2.10. The first-order chi connectivity index (χ1) is 11.6. The van der Waals surface area contributed by atoms with E-state index in [1.54, 1.807) is 25.5 Å². The molecule has 126 valence electrons. The van der Waals surface area contributed by atoms with Gasteiger partial charge in [-0.25, -0.2) is 0 Å². The lowest BCUT2D eigenvalue weighted by atomic mass is 10.0. The molecule has 0 saturated carbocycles. The van der Waals surface area contributed by atoms with E-state index in [0.29, 0.717) is 17.4 Å². The van der Waals surface area contributed by atoms with Crippen molar-refractivity contribution >= 4 is 17.8 Å². The minimum Gasteiger partial charge on any atom is -0.495 e. The van der Waals surface area contributed by atoms with Gasteiger partial charge in [0.2, 0.25) is 0 Å². The highest BCUT2D eigenvalue weighted by Crippen LogP contribution is 2.22. The number of nitrogens with zero attached hydrogens (tertiary/aromatic N) is 1. The Kier molecular flexibility index (Phi) is 6.37. The fourth-order valence-electron chi connectivity index (χ4n) is 2.10. The average Bonchev–Trinajstić information content (AvgIpc) is 2.59. The first-order valence-electron chi connectivity index (χ1n) is 7.78. The number of oxime groups is 1. The molecule has 0 spiro atoms. The molecule has 0 fully saturated rings. The maximum Gasteiger partial charge on any atom is 0.265 e. The predicted molar refractivity (Wildman–Crippen MR) is 95.7 cm³/mol. The Labute approximate surface area is 142 Å². The molecule has 0 saturated heterocycles. The Balaban J connectivity index is 1.81. The van der Waals surface area contributed by atoms with Crippen molar-refractivity contribution in [3.63, 3.8) is 0 Å². The van der Waals surface area contributed by atoms with Crippen LogP contribution in [0.25, 0.3) is 0 Å². The lowest BCUT2D eigenvalue weighted by Crippen LogP contribution is -2.17. The molecule has 2 aromatic carbocycles. The zero-order valence-corrected chi connectivity index (χ0v) is 14.2.